The summed E-state index contributed by atoms with van der Waals surface area (Å²) in [4.78, 5) is 0. The first-order valence-electron chi connectivity index (χ1n) is 23.4. The zero-order valence-corrected chi connectivity index (χ0v) is 35.4. The quantitative estimate of drug-likeness (QED) is 0.223. The van der Waals surface area contributed by atoms with Crippen LogP contribution >= 0.6 is 0 Å². The summed E-state index contributed by atoms with van der Waals surface area (Å²) in [7, 11) is 0. The maximum atomic E-state index is 2.61. The highest BCUT2D eigenvalue weighted by Gasteiger charge is 2.73. The van der Waals surface area contributed by atoms with Gasteiger partial charge in [-0.3, -0.25) is 0 Å². The number of hydrogen-bond acceptors (Lipinski definition) is 0. The molecule has 0 heteroatoms. The Labute approximate surface area is 312 Å². The summed E-state index contributed by atoms with van der Waals surface area (Å²) in [6.07, 6.45) is 27.9. The maximum absolute atomic E-state index is 2.61. The lowest BCUT2D eigenvalue weighted by atomic mass is 9.55. The van der Waals surface area contributed by atoms with Crippen molar-refractivity contribution in [1.82, 2.24) is 0 Å². The Hall–Kier alpha value is 0. The van der Waals surface area contributed by atoms with E-state index < -0.39 is 0 Å². The van der Waals surface area contributed by atoms with Gasteiger partial charge >= 0.3 is 0 Å². The summed E-state index contributed by atoms with van der Waals surface area (Å²) >= 11 is 0. The van der Waals surface area contributed by atoms with Crippen molar-refractivity contribution in [2.24, 2.45) is 121 Å². The first kappa shape index (κ1) is 35.7. The monoisotopic (exact) mass is 685 g/mol. The molecule has 12 saturated carbocycles. The molecule has 0 aromatic heterocycles. The van der Waals surface area contributed by atoms with E-state index in [1.165, 1.54) is 74.5 Å². The second-order valence-electron chi connectivity index (χ2n) is 25.7. The van der Waals surface area contributed by atoms with Gasteiger partial charge in [-0.15, -0.1) is 0 Å². The molecule has 16 atom stereocenters. The fourth-order valence-electron chi connectivity index (χ4n) is 20.0. The summed E-state index contributed by atoms with van der Waals surface area (Å²) in [6, 6.07) is 0. The summed E-state index contributed by atoms with van der Waals surface area (Å²) in [6.45, 7) is 27.8. The molecule has 16 unspecified atom stereocenters. The molecule has 12 aliphatic rings. The van der Waals surface area contributed by atoms with E-state index in [0.717, 1.165) is 59.2 Å². The second-order valence-corrected chi connectivity index (χ2v) is 25.7. The molecule has 12 aliphatic carbocycles. The smallest absolute Gasteiger partial charge is 0.0189 e. The largest absolute Gasteiger partial charge is 0.0596 e. The van der Waals surface area contributed by atoms with Crippen molar-refractivity contribution in [3.63, 3.8) is 0 Å². The van der Waals surface area contributed by atoms with Gasteiger partial charge in [0.05, 0.1) is 0 Å². The van der Waals surface area contributed by atoms with Crippen molar-refractivity contribution in [2.45, 2.75) is 192 Å². The summed E-state index contributed by atoms with van der Waals surface area (Å²) in [5, 5.41) is 0. The third kappa shape index (κ3) is 4.97. The summed E-state index contributed by atoms with van der Waals surface area (Å²) in [5.74, 6) is 16.9. The van der Waals surface area contributed by atoms with E-state index in [0.29, 0.717) is 32.5 Å². The minimum Gasteiger partial charge on any atom is -0.0596 e. The molecule has 0 radical (unpaired) electrons. The third-order valence-electron chi connectivity index (χ3n) is 22.2. The van der Waals surface area contributed by atoms with Crippen LogP contribution in [0.5, 0.6) is 0 Å². The molecule has 0 spiro atoms. The van der Waals surface area contributed by atoms with Crippen LogP contribution in [-0.2, 0) is 0 Å². The van der Waals surface area contributed by atoms with E-state index in [1.807, 2.05) is 0 Å². The normalized spacial score (nSPS) is 55.1. The molecule has 0 aliphatic heterocycles. The fraction of sp³-hybridized carbons (Fsp3) is 1.00. The Morgan fingerprint density at radius 3 is 1.66 bits per heavy atom. The molecule has 0 nitrogen and oxygen atoms in total. The van der Waals surface area contributed by atoms with Crippen LogP contribution in [0, 0.1) is 121 Å². The van der Waals surface area contributed by atoms with Gasteiger partial charge in [0.25, 0.3) is 0 Å². The number of fused-ring (bicyclic) bond motifs is 21. The van der Waals surface area contributed by atoms with Crippen LogP contribution in [0.1, 0.15) is 192 Å². The lowest BCUT2D eigenvalue weighted by Crippen LogP contribution is -2.43. The van der Waals surface area contributed by atoms with Gasteiger partial charge in [-0.2, -0.15) is 0 Å². The maximum Gasteiger partial charge on any atom is -0.0189 e. The zero-order valence-electron chi connectivity index (χ0n) is 35.4. The zero-order chi connectivity index (χ0) is 35.4. The van der Waals surface area contributed by atoms with Crippen molar-refractivity contribution >= 4 is 0 Å². The first-order chi connectivity index (χ1) is 23.4. The molecular weight excluding hydrogens is 601 g/mol. The van der Waals surface area contributed by atoms with Crippen LogP contribution < -0.4 is 0 Å². The SMILES string of the molecule is CC1(C)CC2C3CCCC3C1(C)C2(C)C.CC1(C)CC2CC1C1C3CCC(C3)C21.CC1(C)CC2CC1C1CCCC21.CC1(C)CC2CCC1C2. The van der Waals surface area contributed by atoms with Gasteiger partial charge < -0.3 is 0 Å². The van der Waals surface area contributed by atoms with E-state index in [4.69, 9.17) is 0 Å². The van der Waals surface area contributed by atoms with Crippen molar-refractivity contribution in [3.8, 4) is 0 Å². The highest BCUT2D eigenvalue weighted by Crippen LogP contribution is 2.79. The number of hydrogen-bond donors (Lipinski definition) is 0. The van der Waals surface area contributed by atoms with Crippen LogP contribution in [0.25, 0.3) is 0 Å². The van der Waals surface area contributed by atoms with Crippen molar-refractivity contribution in [3.05, 3.63) is 0 Å². The highest BCUT2D eigenvalue weighted by molar-refractivity contribution is 5.21. The van der Waals surface area contributed by atoms with E-state index in [1.54, 1.807) is 70.6 Å². The lowest BCUT2D eigenvalue weighted by Gasteiger charge is -2.49. The van der Waals surface area contributed by atoms with E-state index in [9.17, 15) is 0 Å². The van der Waals surface area contributed by atoms with Gasteiger partial charge in [0.1, 0.15) is 0 Å². The standard InChI is InChI=1S/C15H26.C14H22.C12H20.C9H16/c1-13(2)9-12-10-7-6-8-11(10)15(13,5)14(12,3)4;1-14(2)7-10-6-11(14)13-9-4-3-8(5-9)12(10)13;1-12(2)7-8-6-11(12)10-5-3-4-9(8)10;1-9(2)6-7-3-4-8(9)5-7/h10-12H,6-9H2,1-5H3;8-13H,3-7H2,1-2H3;8-11H,3-7H2,1-2H3;7-8H,3-6H2,1-2H3. The van der Waals surface area contributed by atoms with Crippen LogP contribution in [-0.4, -0.2) is 0 Å². The molecule has 12 rings (SSSR count). The van der Waals surface area contributed by atoms with Gasteiger partial charge in [0.2, 0.25) is 0 Å². The predicted molar refractivity (Wildman–Crippen MR) is 212 cm³/mol. The van der Waals surface area contributed by atoms with Crippen LogP contribution in [0.4, 0.5) is 0 Å². The van der Waals surface area contributed by atoms with E-state index >= 15 is 0 Å². The molecule has 0 heterocycles. The minimum atomic E-state index is 0.576. The predicted octanol–water partition coefficient (Wildman–Crippen LogP) is 14.5. The van der Waals surface area contributed by atoms with Crippen LogP contribution in [0.3, 0.4) is 0 Å². The Morgan fingerprint density at radius 1 is 0.380 bits per heavy atom. The van der Waals surface area contributed by atoms with Gasteiger partial charge in [-0.1, -0.05) is 95.4 Å². The van der Waals surface area contributed by atoms with Crippen LogP contribution in [0.2, 0.25) is 0 Å². The Kier molecular flexibility index (Phi) is 8.22. The molecule has 0 aromatic carbocycles. The topological polar surface area (TPSA) is 0 Å². The van der Waals surface area contributed by atoms with Crippen LogP contribution in [0.15, 0.2) is 0 Å². The molecule has 10 bridgehead atoms. The second kappa shape index (κ2) is 11.5. The molecular formula is C50H84. The van der Waals surface area contributed by atoms with E-state index in [2.05, 4.69) is 76.2 Å². The van der Waals surface area contributed by atoms with Crippen molar-refractivity contribution in [2.75, 3.05) is 0 Å². The van der Waals surface area contributed by atoms with E-state index in [-0.39, 0.29) is 0 Å². The highest BCUT2D eigenvalue weighted by atomic mass is 14.8. The Bertz CT molecular complexity index is 1290. The Balaban J connectivity index is 0.0000000911. The Morgan fingerprint density at radius 2 is 1.00 bits per heavy atom. The van der Waals surface area contributed by atoms with Crippen molar-refractivity contribution < 1.29 is 0 Å². The van der Waals surface area contributed by atoms with Gasteiger partial charge in [0.15, 0.2) is 0 Å². The van der Waals surface area contributed by atoms with Gasteiger partial charge in [-0.05, 0) is 218 Å². The molecule has 0 amide bonds. The average Bonchev–Trinajstić information content (AvgIpc) is 3.87. The summed E-state index contributed by atoms with van der Waals surface area (Å²) < 4.78 is 0. The fourth-order valence-corrected chi connectivity index (χ4v) is 20.0. The molecule has 12 fully saturated rings. The van der Waals surface area contributed by atoms with Gasteiger partial charge in [-0.25, -0.2) is 0 Å². The molecule has 0 saturated heterocycles. The first-order valence-corrected chi connectivity index (χ1v) is 23.4. The van der Waals surface area contributed by atoms with Crippen molar-refractivity contribution in [1.29, 1.82) is 0 Å². The molecule has 0 aromatic rings. The average molecular weight is 685 g/mol. The lowest BCUT2D eigenvalue weighted by molar-refractivity contribution is -0.0135. The van der Waals surface area contributed by atoms with Gasteiger partial charge in [0, 0.05) is 0 Å². The minimum absolute atomic E-state index is 0.576. The molecule has 284 valence electrons. The molecule has 50 heavy (non-hydrogen) atoms. The third-order valence-corrected chi connectivity index (χ3v) is 22.2. The summed E-state index contributed by atoms with van der Waals surface area (Å²) in [5.41, 5.74) is 3.89. The molecule has 0 N–H and O–H groups in total. The number of rotatable bonds is 0.